The van der Waals surface area contributed by atoms with Crippen LogP contribution in [0.5, 0.6) is 0 Å². The number of hydrogen-bond acceptors (Lipinski definition) is 5. The van der Waals surface area contributed by atoms with Crippen LogP contribution in [0.3, 0.4) is 0 Å². The quantitative estimate of drug-likeness (QED) is 0.536. The highest BCUT2D eigenvalue weighted by atomic mass is 16.2. The van der Waals surface area contributed by atoms with Gasteiger partial charge in [-0.15, -0.1) is 5.10 Å². The molecule has 148 valence electrons. The maximum Gasteiger partial charge on any atom is 0.255 e. The minimum absolute atomic E-state index is 0.203. The number of carbonyl (C=O) groups is 2. The summed E-state index contributed by atoms with van der Waals surface area (Å²) < 4.78 is 1.56. The van der Waals surface area contributed by atoms with Crippen LogP contribution in [0.15, 0.2) is 79.1 Å². The van der Waals surface area contributed by atoms with E-state index in [0.717, 1.165) is 11.3 Å². The average molecular weight is 398 g/mol. The Hall–Kier alpha value is -4.33. The molecule has 0 atom stereocenters. The van der Waals surface area contributed by atoms with Crippen LogP contribution in [0.1, 0.15) is 26.3 Å². The normalized spacial score (nSPS) is 10.4. The zero-order valence-corrected chi connectivity index (χ0v) is 16.1. The number of nitrogens with one attached hydrogen (secondary N) is 2. The number of nitrogens with zero attached hydrogens (tertiary/aromatic N) is 4. The molecule has 2 N–H and O–H groups in total. The van der Waals surface area contributed by atoms with Crippen LogP contribution in [0.2, 0.25) is 0 Å². The molecule has 8 nitrogen and oxygen atoms in total. The van der Waals surface area contributed by atoms with Crippen molar-refractivity contribution in [2.24, 2.45) is 0 Å². The van der Waals surface area contributed by atoms with E-state index in [4.69, 9.17) is 0 Å². The van der Waals surface area contributed by atoms with Crippen LogP contribution in [0.25, 0.3) is 5.69 Å². The van der Waals surface area contributed by atoms with Crippen molar-refractivity contribution in [2.45, 2.75) is 6.92 Å². The molecule has 0 fully saturated rings. The highest BCUT2D eigenvalue weighted by molar-refractivity contribution is 6.06. The van der Waals surface area contributed by atoms with Crippen molar-refractivity contribution in [3.8, 4) is 5.69 Å². The Morgan fingerprint density at radius 2 is 1.43 bits per heavy atom. The first-order chi connectivity index (χ1) is 14.6. The van der Waals surface area contributed by atoms with E-state index in [0.29, 0.717) is 22.5 Å². The van der Waals surface area contributed by atoms with Crippen molar-refractivity contribution >= 4 is 23.2 Å². The maximum atomic E-state index is 12.6. The Bertz CT molecular complexity index is 1170. The van der Waals surface area contributed by atoms with Crippen molar-refractivity contribution < 1.29 is 9.59 Å². The predicted molar refractivity (Wildman–Crippen MR) is 113 cm³/mol. The number of rotatable bonds is 5. The molecule has 0 aliphatic rings. The molecule has 0 aliphatic heterocycles. The number of anilines is 2. The molecule has 0 unspecified atom stereocenters. The van der Waals surface area contributed by atoms with E-state index in [1.165, 1.54) is 6.33 Å². The van der Waals surface area contributed by atoms with Crippen LogP contribution < -0.4 is 10.6 Å². The summed E-state index contributed by atoms with van der Waals surface area (Å²) in [5, 5.41) is 16.8. The average Bonchev–Trinajstić information content (AvgIpc) is 3.29. The summed E-state index contributed by atoms with van der Waals surface area (Å²) in [4.78, 5) is 24.8. The van der Waals surface area contributed by atoms with Crippen LogP contribution in [-0.2, 0) is 0 Å². The lowest BCUT2D eigenvalue weighted by Crippen LogP contribution is -2.14. The lowest BCUT2D eigenvalue weighted by molar-refractivity contribution is 0.102. The van der Waals surface area contributed by atoms with Gasteiger partial charge >= 0.3 is 0 Å². The third kappa shape index (κ3) is 4.22. The van der Waals surface area contributed by atoms with E-state index < -0.39 is 0 Å². The highest BCUT2D eigenvalue weighted by Gasteiger charge is 2.10. The van der Waals surface area contributed by atoms with Crippen LogP contribution in [0.4, 0.5) is 11.4 Å². The fourth-order valence-electron chi connectivity index (χ4n) is 2.96. The largest absolute Gasteiger partial charge is 0.322 e. The molecule has 3 aromatic carbocycles. The first-order valence-corrected chi connectivity index (χ1v) is 9.22. The fraction of sp³-hybridized carbons (Fsp3) is 0.0455. The molecule has 0 spiro atoms. The molecule has 4 aromatic rings. The van der Waals surface area contributed by atoms with Crippen molar-refractivity contribution in [3.05, 3.63) is 95.8 Å². The number of aryl methyl sites for hydroxylation is 1. The standard InChI is InChI=1S/C22H18N6O2/c1-15-13-19(11-12-20(15)28-14-23-26-27-28)25-22(30)17-7-9-18(10-8-17)24-21(29)16-5-3-2-4-6-16/h2-14H,1H3,(H,24,29)(H,25,30). The zero-order valence-electron chi connectivity index (χ0n) is 16.1. The number of carbonyl (C=O) groups excluding carboxylic acids is 2. The van der Waals surface area contributed by atoms with Gasteiger partial charge in [0.2, 0.25) is 0 Å². The van der Waals surface area contributed by atoms with Crippen LogP contribution >= 0.6 is 0 Å². The van der Waals surface area contributed by atoms with Crippen molar-refractivity contribution in [3.63, 3.8) is 0 Å². The predicted octanol–water partition coefficient (Wildman–Crippen LogP) is 3.48. The Balaban J connectivity index is 1.41. The lowest BCUT2D eigenvalue weighted by atomic mass is 10.1. The third-order valence-electron chi connectivity index (χ3n) is 4.49. The first kappa shape index (κ1) is 19.0. The van der Waals surface area contributed by atoms with Gasteiger partial charge in [-0.05, 0) is 77.5 Å². The molecule has 4 rings (SSSR count). The fourth-order valence-corrected chi connectivity index (χ4v) is 2.96. The summed E-state index contributed by atoms with van der Waals surface area (Å²) in [6.07, 6.45) is 1.51. The summed E-state index contributed by atoms with van der Waals surface area (Å²) in [5.74, 6) is -0.448. The summed E-state index contributed by atoms with van der Waals surface area (Å²) in [7, 11) is 0. The number of tetrazole rings is 1. The zero-order chi connectivity index (χ0) is 20.9. The maximum absolute atomic E-state index is 12.6. The Labute approximate surface area is 172 Å². The topological polar surface area (TPSA) is 102 Å². The van der Waals surface area contributed by atoms with Gasteiger partial charge in [0.25, 0.3) is 11.8 Å². The highest BCUT2D eigenvalue weighted by Crippen LogP contribution is 2.19. The second-order valence-electron chi connectivity index (χ2n) is 6.61. The van der Waals surface area contributed by atoms with E-state index in [9.17, 15) is 9.59 Å². The van der Waals surface area contributed by atoms with Gasteiger partial charge in [0.1, 0.15) is 6.33 Å². The molecule has 0 radical (unpaired) electrons. The van der Waals surface area contributed by atoms with Gasteiger partial charge in [0, 0.05) is 22.5 Å². The smallest absolute Gasteiger partial charge is 0.255 e. The van der Waals surface area contributed by atoms with Gasteiger partial charge in [-0.25, -0.2) is 4.68 Å². The molecule has 0 bridgehead atoms. The van der Waals surface area contributed by atoms with Crippen molar-refractivity contribution in [1.82, 2.24) is 20.2 Å². The van der Waals surface area contributed by atoms with Crippen LogP contribution in [0, 0.1) is 6.92 Å². The van der Waals surface area contributed by atoms with E-state index in [1.54, 1.807) is 59.3 Å². The number of amides is 2. The second kappa shape index (κ2) is 8.36. The minimum atomic E-state index is -0.245. The molecular weight excluding hydrogens is 380 g/mol. The summed E-state index contributed by atoms with van der Waals surface area (Å²) in [5.41, 5.74) is 4.07. The SMILES string of the molecule is Cc1cc(NC(=O)c2ccc(NC(=O)c3ccccc3)cc2)ccc1-n1cnnn1. The van der Waals surface area contributed by atoms with E-state index in [1.807, 2.05) is 25.1 Å². The minimum Gasteiger partial charge on any atom is -0.322 e. The van der Waals surface area contributed by atoms with Gasteiger partial charge in [0.15, 0.2) is 0 Å². The van der Waals surface area contributed by atoms with Crippen molar-refractivity contribution in [2.75, 3.05) is 10.6 Å². The van der Waals surface area contributed by atoms with Gasteiger partial charge in [-0.2, -0.15) is 0 Å². The third-order valence-corrected chi connectivity index (χ3v) is 4.49. The monoisotopic (exact) mass is 398 g/mol. The van der Waals surface area contributed by atoms with Crippen LogP contribution in [-0.4, -0.2) is 32.0 Å². The molecule has 1 heterocycles. The molecule has 0 saturated heterocycles. The first-order valence-electron chi connectivity index (χ1n) is 9.22. The number of aromatic nitrogens is 4. The molecule has 2 amide bonds. The molecule has 0 aliphatic carbocycles. The van der Waals surface area contributed by atoms with E-state index in [-0.39, 0.29) is 11.8 Å². The Morgan fingerprint density at radius 3 is 2.07 bits per heavy atom. The van der Waals surface area contributed by atoms with Gasteiger partial charge < -0.3 is 10.6 Å². The van der Waals surface area contributed by atoms with Gasteiger partial charge in [-0.1, -0.05) is 18.2 Å². The second-order valence-corrected chi connectivity index (χ2v) is 6.61. The molecule has 1 aromatic heterocycles. The number of benzene rings is 3. The Kier molecular flexibility index (Phi) is 5.29. The lowest BCUT2D eigenvalue weighted by Gasteiger charge is -2.10. The van der Waals surface area contributed by atoms with Gasteiger partial charge in [0.05, 0.1) is 5.69 Å². The Morgan fingerprint density at radius 1 is 0.800 bits per heavy atom. The molecule has 0 saturated carbocycles. The molecule has 8 heteroatoms. The number of hydrogen-bond donors (Lipinski definition) is 2. The summed E-state index contributed by atoms with van der Waals surface area (Å²) in [6.45, 7) is 1.91. The molecule has 30 heavy (non-hydrogen) atoms. The summed E-state index contributed by atoms with van der Waals surface area (Å²) >= 11 is 0. The van der Waals surface area contributed by atoms with Crippen molar-refractivity contribution in [1.29, 1.82) is 0 Å². The van der Waals surface area contributed by atoms with Gasteiger partial charge in [-0.3, -0.25) is 9.59 Å². The van der Waals surface area contributed by atoms with E-state index >= 15 is 0 Å². The van der Waals surface area contributed by atoms with E-state index in [2.05, 4.69) is 26.2 Å². The molecular formula is C22H18N6O2. The summed E-state index contributed by atoms with van der Waals surface area (Å²) in [6, 6.07) is 21.1.